The van der Waals surface area contributed by atoms with Crippen LogP contribution in [0.4, 0.5) is 5.69 Å². The normalized spacial score (nSPS) is 10.8. The van der Waals surface area contributed by atoms with Gasteiger partial charge < -0.3 is 10.1 Å². The predicted molar refractivity (Wildman–Crippen MR) is 124 cm³/mol. The minimum absolute atomic E-state index is 0.141. The van der Waals surface area contributed by atoms with E-state index in [-0.39, 0.29) is 5.91 Å². The number of nitrogens with one attached hydrogen (secondary N) is 1. The SMILES string of the molecule is Cc1ccc(C(=O)Nc2ccc(Oc3cc(-n4cnc(C)c4C)nc(C)n3)cc2)c(C)c1. The monoisotopic (exact) mass is 427 g/mol. The van der Waals surface area contributed by atoms with E-state index in [0.29, 0.717) is 34.5 Å². The molecule has 4 rings (SSSR count). The number of carbonyl (C=O) groups excluding carboxylic acids is 1. The zero-order chi connectivity index (χ0) is 22.8. The topological polar surface area (TPSA) is 81.9 Å². The van der Waals surface area contributed by atoms with Crippen LogP contribution in [-0.4, -0.2) is 25.4 Å². The van der Waals surface area contributed by atoms with Crippen molar-refractivity contribution < 1.29 is 9.53 Å². The highest BCUT2D eigenvalue weighted by atomic mass is 16.5. The Bertz CT molecular complexity index is 1290. The van der Waals surface area contributed by atoms with Crippen LogP contribution in [0.25, 0.3) is 5.82 Å². The number of rotatable bonds is 5. The van der Waals surface area contributed by atoms with Gasteiger partial charge >= 0.3 is 0 Å². The van der Waals surface area contributed by atoms with Gasteiger partial charge in [0.1, 0.15) is 23.7 Å². The van der Waals surface area contributed by atoms with E-state index in [0.717, 1.165) is 22.5 Å². The Balaban J connectivity index is 1.49. The van der Waals surface area contributed by atoms with Crippen molar-refractivity contribution in [3.8, 4) is 17.4 Å². The van der Waals surface area contributed by atoms with Crippen molar-refractivity contribution in [3.63, 3.8) is 0 Å². The second-order valence-corrected chi connectivity index (χ2v) is 7.80. The van der Waals surface area contributed by atoms with Crippen LogP contribution in [0, 0.1) is 34.6 Å². The first kappa shape index (κ1) is 21.2. The lowest BCUT2D eigenvalue weighted by Gasteiger charge is -2.11. The highest BCUT2D eigenvalue weighted by Crippen LogP contribution is 2.24. The summed E-state index contributed by atoms with van der Waals surface area (Å²) in [4.78, 5) is 25.8. The van der Waals surface area contributed by atoms with Gasteiger partial charge in [0.25, 0.3) is 5.91 Å². The Morgan fingerprint density at radius 1 is 0.938 bits per heavy atom. The van der Waals surface area contributed by atoms with E-state index in [1.165, 1.54) is 0 Å². The molecule has 0 unspecified atom stereocenters. The summed E-state index contributed by atoms with van der Waals surface area (Å²) in [5.41, 5.74) is 5.37. The van der Waals surface area contributed by atoms with E-state index >= 15 is 0 Å². The van der Waals surface area contributed by atoms with Crippen molar-refractivity contribution in [1.29, 1.82) is 0 Å². The summed E-state index contributed by atoms with van der Waals surface area (Å²) in [5.74, 6) is 2.20. The fourth-order valence-corrected chi connectivity index (χ4v) is 3.42. The van der Waals surface area contributed by atoms with Crippen LogP contribution in [0.3, 0.4) is 0 Å². The molecule has 0 saturated heterocycles. The van der Waals surface area contributed by atoms with Gasteiger partial charge in [-0.25, -0.2) is 9.97 Å². The molecule has 2 aromatic heterocycles. The number of hydrogen-bond donors (Lipinski definition) is 1. The third kappa shape index (κ3) is 4.51. The molecule has 4 aromatic rings. The second kappa shape index (κ2) is 8.63. The molecule has 2 heterocycles. The van der Waals surface area contributed by atoms with Crippen LogP contribution in [-0.2, 0) is 0 Å². The summed E-state index contributed by atoms with van der Waals surface area (Å²) < 4.78 is 7.85. The average molecular weight is 428 g/mol. The van der Waals surface area contributed by atoms with Crippen LogP contribution in [0.5, 0.6) is 11.6 Å². The molecule has 1 N–H and O–H groups in total. The molecule has 0 bridgehead atoms. The van der Waals surface area contributed by atoms with Gasteiger partial charge in [0.15, 0.2) is 0 Å². The maximum Gasteiger partial charge on any atom is 0.255 e. The van der Waals surface area contributed by atoms with E-state index in [2.05, 4.69) is 20.3 Å². The third-order valence-corrected chi connectivity index (χ3v) is 5.26. The summed E-state index contributed by atoms with van der Waals surface area (Å²) in [6, 6.07) is 14.7. The molecule has 0 fully saturated rings. The second-order valence-electron chi connectivity index (χ2n) is 7.80. The number of amides is 1. The molecule has 0 aliphatic carbocycles. The lowest BCUT2D eigenvalue weighted by atomic mass is 10.1. The Morgan fingerprint density at radius 3 is 2.34 bits per heavy atom. The van der Waals surface area contributed by atoms with Gasteiger partial charge in [0, 0.05) is 23.0 Å². The van der Waals surface area contributed by atoms with E-state index < -0.39 is 0 Å². The summed E-state index contributed by atoms with van der Waals surface area (Å²) in [6.07, 6.45) is 1.74. The lowest BCUT2D eigenvalue weighted by molar-refractivity contribution is 0.102. The number of ether oxygens (including phenoxy) is 1. The molecule has 0 aliphatic heterocycles. The standard InChI is InChI=1S/C25H25N5O2/c1-15-6-11-22(16(2)12-15)25(31)29-20-7-9-21(10-8-20)32-24-13-23(27-19(5)28-24)30-14-26-17(3)18(30)4/h6-14H,1-5H3,(H,29,31). The average Bonchev–Trinajstić information content (AvgIpc) is 3.07. The zero-order valence-electron chi connectivity index (χ0n) is 18.8. The Hall–Kier alpha value is -4.00. The fraction of sp³-hybridized carbons (Fsp3) is 0.200. The molecule has 7 heteroatoms. The molecule has 0 radical (unpaired) electrons. The van der Waals surface area contributed by atoms with E-state index in [1.54, 1.807) is 36.7 Å². The molecule has 7 nitrogen and oxygen atoms in total. The number of benzene rings is 2. The van der Waals surface area contributed by atoms with Gasteiger partial charge in [0.05, 0.1) is 5.69 Å². The molecular weight excluding hydrogens is 402 g/mol. The highest BCUT2D eigenvalue weighted by Gasteiger charge is 2.11. The van der Waals surface area contributed by atoms with E-state index in [1.807, 2.05) is 57.4 Å². The van der Waals surface area contributed by atoms with Crippen LogP contribution in [0.15, 0.2) is 54.9 Å². The van der Waals surface area contributed by atoms with Crippen molar-refractivity contribution in [2.75, 3.05) is 5.32 Å². The number of aryl methyl sites for hydroxylation is 4. The first-order valence-electron chi connectivity index (χ1n) is 10.3. The smallest absolute Gasteiger partial charge is 0.255 e. The summed E-state index contributed by atoms with van der Waals surface area (Å²) in [5, 5.41) is 2.93. The van der Waals surface area contributed by atoms with Gasteiger partial charge in [-0.05, 0) is 70.5 Å². The molecule has 162 valence electrons. The summed E-state index contributed by atoms with van der Waals surface area (Å²) in [7, 11) is 0. The summed E-state index contributed by atoms with van der Waals surface area (Å²) in [6.45, 7) is 9.71. The van der Waals surface area contributed by atoms with Crippen LogP contribution < -0.4 is 10.1 Å². The minimum atomic E-state index is -0.141. The number of aromatic nitrogens is 4. The highest BCUT2D eigenvalue weighted by molar-refractivity contribution is 6.05. The maximum atomic E-state index is 12.6. The van der Waals surface area contributed by atoms with Crippen molar-refractivity contribution in [2.24, 2.45) is 0 Å². The maximum absolute atomic E-state index is 12.6. The van der Waals surface area contributed by atoms with Crippen LogP contribution >= 0.6 is 0 Å². The molecule has 2 aromatic carbocycles. The molecular formula is C25H25N5O2. The Labute approximate surface area is 187 Å². The molecule has 0 spiro atoms. The van der Waals surface area contributed by atoms with Crippen molar-refractivity contribution in [2.45, 2.75) is 34.6 Å². The molecule has 0 saturated carbocycles. The number of nitrogens with zero attached hydrogens (tertiary/aromatic N) is 4. The van der Waals surface area contributed by atoms with Gasteiger partial charge in [-0.2, -0.15) is 4.98 Å². The quantitative estimate of drug-likeness (QED) is 0.470. The van der Waals surface area contributed by atoms with Gasteiger partial charge in [0.2, 0.25) is 5.88 Å². The largest absolute Gasteiger partial charge is 0.439 e. The zero-order valence-corrected chi connectivity index (χ0v) is 18.8. The van der Waals surface area contributed by atoms with Crippen LogP contribution in [0.1, 0.15) is 38.7 Å². The first-order chi connectivity index (χ1) is 15.3. The van der Waals surface area contributed by atoms with Crippen molar-refractivity contribution >= 4 is 11.6 Å². The van der Waals surface area contributed by atoms with Crippen LogP contribution in [0.2, 0.25) is 0 Å². The van der Waals surface area contributed by atoms with Crippen molar-refractivity contribution in [3.05, 3.63) is 88.8 Å². The molecule has 0 atom stereocenters. The fourth-order valence-electron chi connectivity index (χ4n) is 3.42. The third-order valence-electron chi connectivity index (χ3n) is 5.26. The van der Waals surface area contributed by atoms with E-state index in [9.17, 15) is 4.79 Å². The number of anilines is 1. The number of hydrogen-bond acceptors (Lipinski definition) is 5. The molecule has 0 aliphatic rings. The molecule has 32 heavy (non-hydrogen) atoms. The van der Waals surface area contributed by atoms with Gasteiger partial charge in [-0.1, -0.05) is 17.7 Å². The lowest BCUT2D eigenvalue weighted by Crippen LogP contribution is -2.13. The molecule has 1 amide bonds. The predicted octanol–water partition coefficient (Wildman–Crippen LogP) is 5.25. The number of imidazole rings is 1. The van der Waals surface area contributed by atoms with Gasteiger partial charge in [-0.15, -0.1) is 0 Å². The minimum Gasteiger partial charge on any atom is -0.439 e. The Kier molecular flexibility index (Phi) is 5.73. The van der Waals surface area contributed by atoms with E-state index in [4.69, 9.17) is 4.74 Å². The Morgan fingerprint density at radius 2 is 1.69 bits per heavy atom. The number of carbonyl (C=O) groups is 1. The first-order valence-corrected chi connectivity index (χ1v) is 10.3. The van der Waals surface area contributed by atoms with Crippen molar-refractivity contribution in [1.82, 2.24) is 19.5 Å². The van der Waals surface area contributed by atoms with Gasteiger partial charge in [-0.3, -0.25) is 9.36 Å². The summed E-state index contributed by atoms with van der Waals surface area (Å²) >= 11 is 0.